The van der Waals surface area contributed by atoms with E-state index in [4.69, 9.17) is 9.47 Å². The molecule has 10 heteroatoms. The van der Waals surface area contributed by atoms with Crippen molar-refractivity contribution in [2.45, 2.75) is 146 Å². The highest BCUT2D eigenvalue weighted by molar-refractivity contribution is 6.01. The second-order valence-electron chi connectivity index (χ2n) is 21.3. The number of fused-ring (bicyclic) bond motifs is 5. The molecule has 5 rings (SSSR count). The second-order valence-corrected chi connectivity index (χ2v) is 21.3. The van der Waals surface area contributed by atoms with Gasteiger partial charge >= 0.3 is 11.9 Å². The van der Waals surface area contributed by atoms with E-state index in [-0.39, 0.29) is 46.4 Å². The zero-order valence-electron chi connectivity index (χ0n) is 40.2. The molecule has 8 atom stereocenters. The molecule has 10 nitrogen and oxygen atoms in total. The monoisotopic (exact) mass is 846 g/mol. The number of carbonyl (C=O) groups excluding carboxylic acids is 3. The number of carbonyl (C=O) groups is 4. The normalized spacial score (nSPS) is 30.9. The van der Waals surface area contributed by atoms with E-state index in [1.165, 1.54) is 5.57 Å². The van der Waals surface area contributed by atoms with Gasteiger partial charge in [-0.3, -0.25) is 29.2 Å². The van der Waals surface area contributed by atoms with E-state index in [0.29, 0.717) is 36.8 Å². The number of benzene rings is 1. The molecule has 1 aromatic rings. The van der Waals surface area contributed by atoms with Gasteiger partial charge in [-0.05, 0) is 168 Å². The molecule has 4 aliphatic carbocycles. The third kappa shape index (κ3) is 8.69. The Morgan fingerprint density at radius 2 is 1.64 bits per heavy atom. The minimum absolute atomic E-state index is 0.000340. The molecule has 3 fully saturated rings. The van der Waals surface area contributed by atoms with Gasteiger partial charge in [0.15, 0.2) is 5.78 Å². The number of hydrazine groups is 1. The van der Waals surface area contributed by atoms with Crippen LogP contribution in [-0.4, -0.2) is 86.5 Å². The topological polar surface area (TPSA) is 117 Å². The molecule has 0 saturated heterocycles. The van der Waals surface area contributed by atoms with Crippen LogP contribution in [0, 0.1) is 50.7 Å². The van der Waals surface area contributed by atoms with Crippen LogP contribution in [0.5, 0.6) is 5.75 Å². The first kappa shape index (κ1) is 48.4. The summed E-state index contributed by atoms with van der Waals surface area (Å²) in [6.45, 7) is 22.9. The lowest BCUT2D eigenvalue weighted by atomic mass is 9.35. The number of nitrogens with zero attached hydrogens (tertiary/aromatic N) is 3. The van der Waals surface area contributed by atoms with Crippen molar-refractivity contribution in [2.75, 3.05) is 46.4 Å². The zero-order chi connectivity index (χ0) is 45.5. The Bertz CT molecular complexity index is 1870. The Balaban J connectivity index is 1.56. The van der Waals surface area contributed by atoms with Gasteiger partial charge in [-0.25, -0.2) is 0 Å². The van der Waals surface area contributed by atoms with Crippen molar-refractivity contribution in [2.24, 2.45) is 50.7 Å². The van der Waals surface area contributed by atoms with Crippen LogP contribution in [0.15, 0.2) is 46.7 Å². The average molecular weight is 846 g/mol. The van der Waals surface area contributed by atoms with Gasteiger partial charge < -0.3 is 19.5 Å². The zero-order valence-corrected chi connectivity index (χ0v) is 40.2. The van der Waals surface area contributed by atoms with Crippen molar-refractivity contribution in [1.82, 2.24) is 9.91 Å². The molecule has 0 spiro atoms. The fraction of sp³-hybridized carbons (Fsp3) is 0.725. The minimum Gasteiger partial charge on any atom is -0.497 e. The first-order chi connectivity index (χ1) is 28.5. The largest absolute Gasteiger partial charge is 0.497 e. The van der Waals surface area contributed by atoms with E-state index >= 15 is 0 Å². The number of aldehydes is 1. The van der Waals surface area contributed by atoms with Crippen LogP contribution < -0.4 is 9.75 Å². The quantitative estimate of drug-likeness (QED) is 0.0663. The summed E-state index contributed by atoms with van der Waals surface area (Å²) < 4.78 is 11.5. The number of carboxylic acids is 1. The third-order valence-corrected chi connectivity index (χ3v) is 16.9. The molecule has 0 amide bonds. The molecule has 0 bridgehead atoms. The van der Waals surface area contributed by atoms with E-state index < -0.39 is 22.8 Å². The summed E-state index contributed by atoms with van der Waals surface area (Å²) >= 11 is 0. The van der Waals surface area contributed by atoms with Gasteiger partial charge in [0.2, 0.25) is 0 Å². The van der Waals surface area contributed by atoms with Crippen LogP contribution in [0.4, 0.5) is 5.69 Å². The first-order valence-electron chi connectivity index (χ1n) is 23.1. The van der Waals surface area contributed by atoms with Crippen LogP contribution in [0.2, 0.25) is 0 Å². The molecule has 0 radical (unpaired) electrons. The summed E-state index contributed by atoms with van der Waals surface area (Å²) in [5.41, 5.74) is 3.01. The lowest BCUT2D eigenvalue weighted by Crippen LogP contribution is -2.62. The smallest absolute Gasteiger partial charge is 0.309 e. The molecular weight excluding hydrogens is 767 g/mol. The standard InChI is InChI=1S/C51H79N3O7/c1-15-37(61-42(57)31-47(6,7)46(58)59)23-24-48(8)35(5)22-25-50(10)41(48)21-20-39-44-43(33(2)3)40(56)30-51(44,27-26-49(39,50)9)45(34(4)32-55)54(29-28-52(11)12)53(13)36-16-18-38(60-14)19-17-36/h16-19,32-33,35,37,39,41H,15,20-31H2,1-14H3,(H,58,59)/b45-34-/t35?,37?,39?,41?,48?,49-,50?,51?/m1/s1. The van der Waals surface area contributed by atoms with Crippen LogP contribution in [-0.2, 0) is 23.9 Å². The minimum atomic E-state index is -1.18. The summed E-state index contributed by atoms with van der Waals surface area (Å²) in [6, 6.07) is 8.04. The van der Waals surface area contributed by atoms with Crippen LogP contribution in [0.1, 0.15) is 140 Å². The highest BCUT2D eigenvalue weighted by Gasteiger charge is 2.68. The number of likely N-dealkylation sites (N-methyl/N-ethyl adjacent to an activating group) is 1. The van der Waals surface area contributed by atoms with Crippen molar-refractivity contribution >= 4 is 29.7 Å². The Kier molecular flexibility index (Phi) is 14.4. The number of anilines is 1. The maximum Gasteiger partial charge on any atom is 0.309 e. The van der Waals surface area contributed by atoms with E-state index in [1.807, 2.05) is 26.0 Å². The van der Waals surface area contributed by atoms with E-state index in [0.717, 1.165) is 86.9 Å². The predicted octanol–water partition coefficient (Wildman–Crippen LogP) is 10.2. The Morgan fingerprint density at radius 1 is 0.984 bits per heavy atom. The molecule has 4 aliphatic rings. The number of hydrogen-bond donors (Lipinski definition) is 1. The maximum atomic E-state index is 14.8. The summed E-state index contributed by atoms with van der Waals surface area (Å²) in [7, 11) is 7.88. The first-order valence-corrected chi connectivity index (χ1v) is 23.1. The molecule has 3 saturated carbocycles. The van der Waals surface area contributed by atoms with Gasteiger partial charge in [0.25, 0.3) is 0 Å². The van der Waals surface area contributed by atoms with Gasteiger partial charge in [0.1, 0.15) is 18.1 Å². The molecule has 61 heavy (non-hydrogen) atoms. The Labute approximate surface area is 367 Å². The number of hydrogen-bond acceptors (Lipinski definition) is 9. The van der Waals surface area contributed by atoms with Gasteiger partial charge in [-0.15, -0.1) is 0 Å². The lowest BCUT2D eigenvalue weighted by Gasteiger charge is -2.70. The van der Waals surface area contributed by atoms with Crippen molar-refractivity contribution in [3.8, 4) is 5.75 Å². The molecule has 340 valence electrons. The molecule has 0 aromatic heterocycles. The lowest BCUT2D eigenvalue weighted by molar-refractivity contribution is -0.186. The Morgan fingerprint density at radius 3 is 2.20 bits per heavy atom. The highest BCUT2D eigenvalue weighted by atomic mass is 16.5. The molecular formula is C51H79N3O7. The predicted molar refractivity (Wildman–Crippen MR) is 243 cm³/mol. The van der Waals surface area contributed by atoms with Crippen LogP contribution in [0.3, 0.4) is 0 Å². The fourth-order valence-electron chi connectivity index (χ4n) is 12.9. The number of Topliss-reactive ketones (excluding diaryl/α,β-unsaturated/α-hetero) is 1. The van der Waals surface area contributed by atoms with Gasteiger partial charge in [-0.1, -0.05) is 48.5 Å². The summed E-state index contributed by atoms with van der Waals surface area (Å²) in [5.74, 6) is 0.703. The number of rotatable bonds is 18. The van der Waals surface area contributed by atoms with Crippen LogP contribution >= 0.6 is 0 Å². The maximum absolute atomic E-state index is 14.8. The SMILES string of the molecule is CCC(CCC1(C)C(C)CCC2(C)C1CCC1C3=C(C(C)C)C(=O)CC3(/C(=C(\C)C=O)N(CCN(C)C)N(C)c3ccc(OC)cc3)CC[C@]12C)OC(=O)CC(C)(C)C(=O)O. The van der Waals surface area contributed by atoms with E-state index in [9.17, 15) is 24.3 Å². The van der Waals surface area contributed by atoms with Crippen molar-refractivity contribution in [3.05, 3.63) is 46.7 Å². The summed E-state index contributed by atoms with van der Waals surface area (Å²) in [6.07, 6.45) is 9.33. The number of aliphatic carboxylic acids is 1. The highest BCUT2D eigenvalue weighted by Crippen LogP contribution is 2.75. The van der Waals surface area contributed by atoms with Gasteiger partial charge in [0.05, 0.1) is 36.9 Å². The summed E-state index contributed by atoms with van der Waals surface area (Å²) in [4.78, 5) is 55.0. The Hall–Kier alpha value is -3.66. The molecule has 0 aliphatic heterocycles. The van der Waals surface area contributed by atoms with Crippen molar-refractivity contribution < 1.29 is 33.8 Å². The number of carboxylic acid groups (broad SMARTS) is 1. The molecule has 1 N–H and O–H groups in total. The summed E-state index contributed by atoms with van der Waals surface area (Å²) in [5, 5.41) is 14.1. The van der Waals surface area contributed by atoms with Crippen molar-refractivity contribution in [1.29, 1.82) is 0 Å². The van der Waals surface area contributed by atoms with E-state index in [2.05, 4.69) is 89.7 Å². The molecule has 1 aromatic carbocycles. The van der Waals surface area contributed by atoms with Gasteiger partial charge in [0, 0.05) is 31.0 Å². The number of esters is 1. The number of ether oxygens (including phenoxy) is 2. The fourth-order valence-corrected chi connectivity index (χ4v) is 12.9. The van der Waals surface area contributed by atoms with Crippen LogP contribution in [0.25, 0.3) is 0 Å². The van der Waals surface area contributed by atoms with E-state index in [1.54, 1.807) is 21.0 Å². The molecule has 7 unspecified atom stereocenters. The molecule has 0 heterocycles. The second kappa shape index (κ2) is 18.2. The average Bonchev–Trinajstić information content (AvgIpc) is 3.51. The number of ketones is 1. The number of allylic oxidation sites excluding steroid dienone is 3. The van der Waals surface area contributed by atoms with Crippen molar-refractivity contribution in [3.63, 3.8) is 0 Å². The number of methoxy groups -OCH3 is 1. The third-order valence-electron chi connectivity index (χ3n) is 16.9. The van der Waals surface area contributed by atoms with Gasteiger partial charge in [-0.2, -0.15) is 0 Å².